The molecule has 0 amide bonds. The van der Waals surface area contributed by atoms with E-state index >= 15 is 0 Å². The third kappa shape index (κ3) is 3.94. The number of aromatic nitrogens is 4. The van der Waals surface area contributed by atoms with Gasteiger partial charge in [0, 0.05) is 28.7 Å². The quantitative estimate of drug-likeness (QED) is 0.685. The third-order valence-electron chi connectivity index (χ3n) is 5.47. The lowest BCUT2D eigenvalue weighted by atomic mass is 9.80. The van der Waals surface area contributed by atoms with E-state index < -0.39 is 6.10 Å². The average Bonchev–Trinajstić information content (AvgIpc) is 2.71. The Kier molecular flexibility index (Phi) is 5.21. The number of nitrogens with zero attached hydrogens (tertiary/aromatic N) is 4. The molecule has 0 saturated carbocycles. The molecule has 1 aromatic carbocycles. The molecule has 0 saturated heterocycles. The molecule has 0 fully saturated rings. The highest BCUT2D eigenvalue weighted by atomic mass is 35.5. The predicted octanol–water partition coefficient (Wildman–Crippen LogP) is 2.90. The van der Waals surface area contributed by atoms with Crippen LogP contribution in [0.3, 0.4) is 0 Å². The van der Waals surface area contributed by atoms with Crippen LogP contribution in [0.5, 0.6) is 0 Å². The first kappa shape index (κ1) is 19.7. The number of aliphatic hydroxyl groups is 1. The average molecular weight is 412 g/mol. The maximum Gasteiger partial charge on any atom is 0.255 e. The normalized spacial score (nSPS) is 18.8. The van der Waals surface area contributed by atoms with Crippen molar-refractivity contribution in [1.29, 1.82) is 0 Å². The van der Waals surface area contributed by atoms with Crippen LogP contribution in [0.4, 0.5) is 0 Å². The minimum atomic E-state index is -0.718. The summed E-state index contributed by atoms with van der Waals surface area (Å²) in [5.41, 5.74) is 1.35. The summed E-state index contributed by atoms with van der Waals surface area (Å²) in [7, 11) is 0. The van der Waals surface area contributed by atoms with Crippen molar-refractivity contribution in [1.82, 2.24) is 24.8 Å². The Balaban J connectivity index is 1.75. The zero-order valence-electron chi connectivity index (χ0n) is 16.2. The molecule has 0 spiro atoms. The Morgan fingerprint density at radius 1 is 1.28 bits per heavy atom. The second kappa shape index (κ2) is 7.67. The summed E-state index contributed by atoms with van der Waals surface area (Å²) in [5.74, 6) is 0.444. The summed E-state index contributed by atoms with van der Waals surface area (Å²) < 4.78 is 1.62. The third-order valence-corrected chi connectivity index (χ3v) is 5.72. The van der Waals surface area contributed by atoms with Crippen LogP contribution >= 0.6 is 11.6 Å². The SMILES string of the molecule is CC1(C)NCn2c(nc(-c3ccncn3)cc2=O)C1C[C@H](O)c1ccc(Cl)cc1. The molecule has 0 aliphatic carbocycles. The molecule has 1 unspecified atom stereocenters. The van der Waals surface area contributed by atoms with Crippen LogP contribution in [0.25, 0.3) is 11.4 Å². The van der Waals surface area contributed by atoms with Gasteiger partial charge in [0.2, 0.25) is 0 Å². The van der Waals surface area contributed by atoms with Gasteiger partial charge in [-0.15, -0.1) is 0 Å². The molecule has 2 aromatic heterocycles. The largest absolute Gasteiger partial charge is 0.388 e. The minimum Gasteiger partial charge on any atom is -0.388 e. The smallest absolute Gasteiger partial charge is 0.255 e. The van der Waals surface area contributed by atoms with Crippen molar-refractivity contribution in [3.05, 3.63) is 75.7 Å². The van der Waals surface area contributed by atoms with Crippen molar-refractivity contribution in [3.8, 4) is 11.4 Å². The maximum absolute atomic E-state index is 12.8. The number of halogens is 1. The highest BCUT2D eigenvalue weighted by molar-refractivity contribution is 6.30. The van der Waals surface area contributed by atoms with Gasteiger partial charge in [-0.05, 0) is 44.0 Å². The van der Waals surface area contributed by atoms with Gasteiger partial charge in [-0.2, -0.15) is 0 Å². The molecule has 1 aliphatic heterocycles. The van der Waals surface area contributed by atoms with Gasteiger partial charge in [-0.25, -0.2) is 15.0 Å². The Morgan fingerprint density at radius 3 is 2.72 bits per heavy atom. The number of nitrogens with one attached hydrogen (secondary N) is 1. The van der Waals surface area contributed by atoms with Crippen LogP contribution in [-0.4, -0.2) is 30.2 Å². The van der Waals surface area contributed by atoms with Crippen LogP contribution < -0.4 is 10.9 Å². The second-order valence-corrected chi connectivity index (χ2v) is 8.21. The first-order valence-electron chi connectivity index (χ1n) is 9.42. The van der Waals surface area contributed by atoms with E-state index in [1.807, 2.05) is 12.1 Å². The molecule has 8 heteroatoms. The fourth-order valence-corrected chi connectivity index (χ4v) is 3.82. The monoisotopic (exact) mass is 411 g/mol. The van der Waals surface area contributed by atoms with Crippen molar-refractivity contribution in [2.75, 3.05) is 0 Å². The van der Waals surface area contributed by atoms with E-state index in [0.29, 0.717) is 35.3 Å². The highest BCUT2D eigenvalue weighted by Gasteiger charge is 2.39. The van der Waals surface area contributed by atoms with Gasteiger partial charge in [-0.1, -0.05) is 23.7 Å². The van der Waals surface area contributed by atoms with E-state index in [0.717, 1.165) is 5.56 Å². The van der Waals surface area contributed by atoms with Gasteiger partial charge in [0.15, 0.2) is 0 Å². The molecule has 4 rings (SSSR count). The van der Waals surface area contributed by atoms with E-state index in [1.54, 1.807) is 29.0 Å². The molecular formula is C21H22ClN5O2. The van der Waals surface area contributed by atoms with Crippen LogP contribution in [0.1, 0.15) is 43.7 Å². The molecule has 1 aliphatic rings. The zero-order valence-corrected chi connectivity index (χ0v) is 17.0. The minimum absolute atomic E-state index is 0.155. The Morgan fingerprint density at radius 2 is 2.03 bits per heavy atom. The van der Waals surface area contributed by atoms with Gasteiger partial charge >= 0.3 is 0 Å². The summed E-state index contributed by atoms with van der Waals surface area (Å²) in [4.78, 5) is 25.7. The number of aliphatic hydroxyl groups excluding tert-OH is 1. The van der Waals surface area contributed by atoms with Crippen molar-refractivity contribution < 1.29 is 5.11 Å². The fourth-order valence-electron chi connectivity index (χ4n) is 3.70. The van der Waals surface area contributed by atoms with Gasteiger partial charge in [-0.3, -0.25) is 14.7 Å². The number of fused-ring (bicyclic) bond motifs is 1. The first-order chi connectivity index (χ1) is 13.8. The lowest BCUT2D eigenvalue weighted by Crippen LogP contribution is -2.53. The van der Waals surface area contributed by atoms with Crippen LogP contribution in [0.15, 0.2) is 53.7 Å². The van der Waals surface area contributed by atoms with Crippen molar-refractivity contribution in [2.24, 2.45) is 0 Å². The van der Waals surface area contributed by atoms with Gasteiger partial charge in [0.05, 0.1) is 24.2 Å². The standard InChI is InChI=1S/C21H22ClN5O2/c1-21(2)15(9-18(28)13-3-5-14(22)6-4-13)20-26-17(16-7-8-23-11-24-16)10-19(29)27(20)12-25-21/h3-8,10-11,15,18,25,28H,9,12H2,1-2H3/t15?,18-/m0/s1. The summed E-state index contributed by atoms with van der Waals surface area (Å²) >= 11 is 5.96. The van der Waals surface area contributed by atoms with E-state index in [9.17, 15) is 9.90 Å². The van der Waals surface area contributed by atoms with E-state index in [1.165, 1.54) is 12.4 Å². The molecule has 7 nitrogen and oxygen atoms in total. The number of rotatable bonds is 4. The fraction of sp³-hybridized carbons (Fsp3) is 0.333. The lowest BCUT2D eigenvalue weighted by Gasteiger charge is -2.41. The molecule has 0 bridgehead atoms. The summed E-state index contributed by atoms with van der Waals surface area (Å²) in [6, 6.07) is 10.4. The molecule has 150 valence electrons. The number of benzene rings is 1. The molecular weight excluding hydrogens is 390 g/mol. The Labute approximate surface area is 173 Å². The van der Waals surface area contributed by atoms with E-state index in [4.69, 9.17) is 16.6 Å². The number of hydrogen-bond acceptors (Lipinski definition) is 6. The zero-order chi connectivity index (χ0) is 20.6. The second-order valence-electron chi connectivity index (χ2n) is 7.77. The maximum atomic E-state index is 12.8. The molecule has 29 heavy (non-hydrogen) atoms. The Bertz CT molecular complexity index is 1070. The Hall–Kier alpha value is -2.61. The molecule has 3 heterocycles. The van der Waals surface area contributed by atoms with Crippen LogP contribution in [-0.2, 0) is 6.67 Å². The van der Waals surface area contributed by atoms with Crippen molar-refractivity contribution >= 4 is 11.6 Å². The van der Waals surface area contributed by atoms with Crippen molar-refractivity contribution in [2.45, 2.75) is 44.5 Å². The molecule has 3 aromatic rings. The van der Waals surface area contributed by atoms with Gasteiger partial charge in [0.1, 0.15) is 12.2 Å². The molecule has 2 atom stereocenters. The van der Waals surface area contributed by atoms with Gasteiger partial charge < -0.3 is 5.11 Å². The van der Waals surface area contributed by atoms with E-state index in [-0.39, 0.29) is 17.0 Å². The predicted molar refractivity (Wildman–Crippen MR) is 111 cm³/mol. The van der Waals surface area contributed by atoms with Crippen molar-refractivity contribution in [3.63, 3.8) is 0 Å². The molecule has 0 radical (unpaired) electrons. The highest BCUT2D eigenvalue weighted by Crippen LogP contribution is 2.38. The lowest BCUT2D eigenvalue weighted by molar-refractivity contribution is 0.119. The first-order valence-corrected chi connectivity index (χ1v) is 9.79. The van der Waals surface area contributed by atoms with Crippen LogP contribution in [0, 0.1) is 0 Å². The number of hydrogen-bond donors (Lipinski definition) is 2. The summed E-state index contributed by atoms with van der Waals surface area (Å²) in [6.45, 7) is 4.48. The van der Waals surface area contributed by atoms with Gasteiger partial charge in [0.25, 0.3) is 5.56 Å². The topological polar surface area (TPSA) is 92.9 Å². The van der Waals surface area contributed by atoms with E-state index in [2.05, 4.69) is 29.1 Å². The van der Waals surface area contributed by atoms with Crippen LogP contribution in [0.2, 0.25) is 5.02 Å². The summed E-state index contributed by atoms with van der Waals surface area (Å²) in [5, 5.41) is 14.9. The molecule has 2 N–H and O–H groups in total. The summed E-state index contributed by atoms with van der Waals surface area (Å²) in [6.07, 6.45) is 2.74.